The van der Waals surface area contributed by atoms with Gasteiger partial charge in [0, 0.05) is 18.0 Å². The van der Waals surface area contributed by atoms with Crippen LogP contribution in [-0.4, -0.2) is 50.4 Å². The van der Waals surface area contributed by atoms with Crippen molar-refractivity contribution in [3.8, 4) is 0 Å². The molecule has 0 aromatic carbocycles. The predicted octanol–water partition coefficient (Wildman–Crippen LogP) is -0.868. The van der Waals surface area contributed by atoms with E-state index in [1.54, 1.807) is 0 Å². The minimum atomic E-state index is -1.40. The summed E-state index contributed by atoms with van der Waals surface area (Å²) in [7, 11) is 1.16. The van der Waals surface area contributed by atoms with E-state index >= 15 is 0 Å². The van der Waals surface area contributed by atoms with Crippen LogP contribution in [0.2, 0.25) is 0 Å². The maximum atomic E-state index is 10.9. The average Bonchev–Trinajstić information content (AvgIpc) is 2.37. The fraction of sp³-hybridized carbons (Fsp3) is 0.400. The molecular formula is C10H12N2O6. The largest absolute Gasteiger partial charge is 0.475 e. The summed E-state index contributed by atoms with van der Waals surface area (Å²) in [4.78, 5) is 28.4. The number of hydrogen-bond acceptors (Lipinski definition) is 7. The second-order valence-electron chi connectivity index (χ2n) is 3.44. The predicted molar refractivity (Wildman–Crippen MR) is 56.6 cm³/mol. The number of carboxylic acids is 1. The Balaban J connectivity index is 2.74. The van der Waals surface area contributed by atoms with Crippen LogP contribution in [0.4, 0.5) is 0 Å². The first-order chi connectivity index (χ1) is 8.45. The van der Waals surface area contributed by atoms with Crippen molar-refractivity contribution >= 4 is 11.9 Å². The van der Waals surface area contributed by atoms with Gasteiger partial charge in [-0.05, 0) is 0 Å². The molecule has 1 aromatic heterocycles. The fourth-order valence-corrected chi connectivity index (χ4v) is 1.19. The normalized spacial score (nSPS) is 13.7. The number of aromatic nitrogens is 2. The average molecular weight is 256 g/mol. The summed E-state index contributed by atoms with van der Waals surface area (Å²) in [5, 5.41) is 27.8. The number of aliphatic hydroxyl groups excluding tert-OH is 2. The maximum absolute atomic E-state index is 10.9. The molecule has 1 rings (SSSR count). The molecule has 0 saturated heterocycles. The van der Waals surface area contributed by atoms with E-state index in [4.69, 9.17) is 5.11 Å². The van der Waals surface area contributed by atoms with E-state index < -0.39 is 36.4 Å². The molecule has 8 nitrogen and oxygen atoms in total. The number of rotatable bonds is 5. The highest BCUT2D eigenvalue weighted by Gasteiger charge is 2.22. The minimum Gasteiger partial charge on any atom is -0.475 e. The third kappa shape index (κ3) is 3.47. The van der Waals surface area contributed by atoms with E-state index in [0.29, 0.717) is 0 Å². The lowest BCUT2D eigenvalue weighted by molar-refractivity contribution is -0.144. The van der Waals surface area contributed by atoms with Crippen LogP contribution in [0.25, 0.3) is 0 Å². The Labute approximate surface area is 102 Å². The Morgan fingerprint density at radius 3 is 2.33 bits per heavy atom. The summed E-state index contributed by atoms with van der Waals surface area (Å²) >= 11 is 0. The van der Waals surface area contributed by atoms with Crippen molar-refractivity contribution in [1.29, 1.82) is 0 Å². The molecule has 3 N–H and O–H groups in total. The van der Waals surface area contributed by atoms with Gasteiger partial charge >= 0.3 is 11.9 Å². The minimum absolute atomic E-state index is 0.108. The van der Waals surface area contributed by atoms with Crippen LogP contribution in [-0.2, 0) is 9.53 Å². The molecule has 0 bridgehead atoms. The zero-order valence-electron chi connectivity index (χ0n) is 9.48. The highest BCUT2D eigenvalue weighted by atomic mass is 16.5. The Hall–Kier alpha value is -2.06. The monoisotopic (exact) mass is 256 g/mol. The Morgan fingerprint density at radius 2 is 1.89 bits per heavy atom. The number of ether oxygens (including phenoxy) is 1. The molecule has 98 valence electrons. The number of carbonyl (C=O) groups is 2. The second kappa shape index (κ2) is 6.03. The van der Waals surface area contributed by atoms with Gasteiger partial charge < -0.3 is 20.1 Å². The van der Waals surface area contributed by atoms with Crippen molar-refractivity contribution < 1.29 is 29.6 Å². The summed E-state index contributed by atoms with van der Waals surface area (Å²) in [5.41, 5.74) is 0.108. The second-order valence-corrected chi connectivity index (χ2v) is 3.44. The highest BCUT2D eigenvalue weighted by Crippen LogP contribution is 2.17. The van der Waals surface area contributed by atoms with Crippen LogP contribution in [0.15, 0.2) is 12.4 Å². The Bertz CT molecular complexity index is 432. The first-order valence-electron chi connectivity index (χ1n) is 4.94. The molecule has 18 heavy (non-hydrogen) atoms. The third-order valence-corrected chi connectivity index (χ3v) is 2.17. The number of nitrogens with zero attached hydrogens (tertiary/aromatic N) is 2. The lowest BCUT2D eigenvalue weighted by Crippen LogP contribution is -2.23. The van der Waals surface area contributed by atoms with E-state index in [0.717, 1.165) is 19.5 Å². The molecule has 2 unspecified atom stereocenters. The zero-order chi connectivity index (χ0) is 13.7. The lowest BCUT2D eigenvalue weighted by atomic mass is 10.1. The van der Waals surface area contributed by atoms with Crippen molar-refractivity contribution in [2.75, 3.05) is 7.11 Å². The lowest BCUT2D eigenvalue weighted by Gasteiger charge is -2.16. The summed E-state index contributed by atoms with van der Waals surface area (Å²) in [6.45, 7) is 0. The zero-order valence-corrected chi connectivity index (χ0v) is 9.48. The highest BCUT2D eigenvalue weighted by molar-refractivity contribution is 5.82. The molecule has 1 heterocycles. The molecule has 0 aliphatic carbocycles. The molecule has 2 atom stereocenters. The van der Waals surface area contributed by atoms with Gasteiger partial charge in [-0.25, -0.2) is 14.8 Å². The Kier molecular flexibility index (Phi) is 4.69. The summed E-state index contributed by atoms with van der Waals surface area (Å²) in [6, 6.07) is 0. The maximum Gasteiger partial charge on any atom is 0.373 e. The topological polar surface area (TPSA) is 130 Å². The number of carbonyl (C=O) groups excluding carboxylic acids is 1. The number of esters is 1. The number of carboxylic acid groups (broad SMARTS) is 1. The summed E-state index contributed by atoms with van der Waals surface area (Å²) in [5.74, 6) is -2.40. The first kappa shape index (κ1) is 14.0. The standard InChI is InChI=1S/C10H12N2O6/c1-18-7(14)2-6(13)8(15)5-3-11-9(10(16)17)12-4-5/h3-4,6,8,13,15H,2H2,1H3,(H,16,17). The van der Waals surface area contributed by atoms with Crippen molar-refractivity contribution in [2.24, 2.45) is 0 Å². The van der Waals surface area contributed by atoms with E-state index in [2.05, 4.69) is 14.7 Å². The molecule has 0 aliphatic heterocycles. The third-order valence-electron chi connectivity index (χ3n) is 2.17. The van der Waals surface area contributed by atoms with Crippen molar-refractivity contribution in [1.82, 2.24) is 9.97 Å². The summed E-state index contributed by atoms with van der Waals surface area (Å²) < 4.78 is 4.34. The molecule has 0 fully saturated rings. The van der Waals surface area contributed by atoms with Gasteiger partial charge in [0.05, 0.1) is 19.6 Å². The van der Waals surface area contributed by atoms with Gasteiger partial charge in [-0.2, -0.15) is 0 Å². The number of methoxy groups -OCH3 is 1. The molecular weight excluding hydrogens is 244 g/mol. The molecule has 0 radical (unpaired) electrons. The van der Waals surface area contributed by atoms with E-state index in [-0.39, 0.29) is 5.56 Å². The quantitative estimate of drug-likeness (QED) is 0.580. The van der Waals surface area contributed by atoms with Gasteiger partial charge in [-0.1, -0.05) is 0 Å². The fourth-order valence-electron chi connectivity index (χ4n) is 1.19. The first-order valence-corrected chi connectivity index (χ1v) is 4.94. The molecule has 0 amide bonds. The molecule has 0 spiro atoms. The van der Waals surface area contributed by atoms with Gasteiger partial charge in [0.2, 0.25) is 5.82 Å². The number of aliphatic hydroxyl groups is 2. The van der Waals surface area contributed by atoms with Crippen LogP contribution in [0.3, 0.4) is 0 Å². The molecule has 0 saturated carbocycles. The van der Waals surface area contributed by atoms with Gasteiger partial charge in [-0.15, -0.1) is 0 Å². The van der Waals surface area contributed by atoms with Crippen LogP contribution < -0.4 is 0 Å². The van der Waals surface area contributed by atoms with E-state index in [1.165, 1.54) is 0 Å². The molecule has 1 aromatic rings. The van der Waals surface area contributed by atoms with Crippen molar-refractivity contribution in [3.05, 3.63) is 23.8 Å². The van der Waals surface area contributed by atoms with Crippen molar-refractivity contribution in [3.63, 3.8) is 0 Å². The number of hydrogen-bond donors (Lipinski definition) is 3. The van der Waals surface area contributed by atoms with Gasteiger partial charge in [-0.3, -0.25) is 4.79 Å². The van der Waals surface area contributed by atoms with Gasteiger partial charge in [0.25, 0.3) is 0 Å². The van der Waals surface area contributed by atoms with E-state index in [9.17, 15) is 19.8 Å². The van der Waals surface area contributed by atoms with Gasteiger partial charge in [0.1, 0.15) is 6.10 Å². The van der Waals surface area contributed by atoms with Crippen LogP contribution >= 0.6 is 0 Å². The van der Waals surface area contributed by atoms with E-state index in [1.807, 2.05) is 0 Å². The SMILES string of the molecule is COC(=O)CC(O)C(O)c1cnc(C(=O)O)nc1. The van der Waals surface area contributed by atoms with Gasteiger partial charge in [0.15, 0.2) is 0 Å². The van der Waals surface area contributed by atoms with Crippen LogP contribution in [0, 0.1) is 0 Å². The van der Waals surface area contributed by atoms with Crippen LogP contribution in [0.5, 0.6) is 0 Å². The molecule has 0 aliphatic rings. The Morgan fingerprint density at radius 1 is 1.33 bits per heavy atom. The smallest absolute Gasteiger partial charge is 0.373 e. The number of aromatic carboxylic acids is 1. The molecule has 8 heteroatoms. The van der Waals surface area contributed by atoms with Crippen molar-refractivity contribution in [2.45, 2.75) is 18.6 Å². The van der Waals surface area contributed by atoms with Crippen LogP contribution in [0.1, 0.15) is 28.7 Å². The summed E-state index contributed by atoms with van der Waals surface area (Å²) in [6.07, 6.45) is -1.02.